The van der Waals surface area contributed by atoms with Gasteiger partial charge in [0.2, 0.25) is 5.91 Å². The highest BCUT2D eigenvalue weighted by Gasteiger charge is 2.14. The van der Waals surface area contributed by atoms with Gasteiger partial charge in [0.1, 0.15) is 0 Å². The van der Waals surface area contributed by atoms with E-state index in [1.807, 2.05) is 0 Å². The minimum Gasteiger partial charge on any atom is -0.493 e. The number of anilines is 1. The second-order valence-corrected chi connectivity index (χ2v) is 5.14. The Hall–Kier alpha value is -3.55. The van der Waals surface area contributed by atoms with Crippen LogP contribution in [0, 0.1) is 0 Å². The summed E-state index contributed by atoms with van der Waals surface area (Å²) in [7, 11) is 2.93. The van der Waals surface area contributed by atoms with E-state index in [0.29, 0.717) is 22.7 Å². The van der Waals surface area contributed by atoms with Gasteiger partial charge in [-0.25, -0.2) is 4.79 Å². The highest BCUT2D eigenvalue weighted by atomic mass is 16.5. The molecule has 0 fully saturated rings. The summed E-state index contributed by atoms with van der Waals surface area (Å²) in [5.74, 6) is -0.912. The third-order valence-corrected chi connectivity index (χ3v) is 3.41. The average Bonchev–Trinajstić information content (AvgIpc) is 2.65. The maximum absolute atomic E-state index is 12.0. The van der Waals surface area contributed by atoms with Crippen molar-refractivity contribution >= 4 is 23.5 Å². The van der Waals surface area contributed by atoms with Crippen molar-refractivity contribution in [2.24, 2.45) is 5.73 Å². The molecule has 0 unspecified atom stereocenters. The normalized spacial score (nSPS) is 9.92. The van der Waals surface area contributed by atoms with E-state index in [9.17, 15) is 14.4 Å². The number of esters is 1. The molecule has 0 radical (unpaired) electrons. The second kappa shape index (κ2) is 8.52. The third-order valence-electron chi connectivity index (χ3n) is 3.41. The van der Waals surface area contributed by atoms with Crippen molar-refractivity contribution in [2.75, 3.05) is 26.1 Å². The van der Waals surface area contributed by atoms with Crippen molar-refractivity contribution in [3.63, 3.8) is 0 Å². The van der Waals surface area contributed by atoms with Crippen LogP contribution in [0.1, 0.15) is 20.7 Å². The average molecular weight is 358 g/mol. The Morgan fingerprint density at radius 3 is 2.12 bits per heavy atom. The Kier molecular flexibility index (Phi) is 6.15. The van der Waals surface area contributed by atoms with Gasteiger partial charge in [0.15, 0.2) is 18.1 Å². The van der Waals surface area contributed by atoms with Gasteiger partial charge in [0, 0.05) is 11.3 Å². The van der Waals surface area contributed by atoms with Crippen LogP contribution in [0.2, 0.25) is 0 Å². The molecule has 0 aliphatic heterocycles. The molecule has 8 heteroatoms. The van der Waals surface area contributed by atoms with Crippen molar-refractivity contribution in [3.05, 3.63) is 53.6 Å². The molecule has 0 saturated heterocycles. The quantitative estimate of drug-likeness (QED) is 0.726. The summed E-state index contributed by atoms with van der Waals surface area (Å²) in [6.07, 6.45) is 0. The molecule has 2 rings (SSSR count). The highest BCUT2D eigenvalue weighted by molar-refractivity contribution is 5.97. The smallest absolute Gasteiger partial charge is 0.338 e. The van der Waals surface area contributed by atoms with Crippen LogP contribution in [-0.2, 0) is 9.53 Å². The van der Waals surface area contributed by atoms with Gasteiger partial charge in [-0.05, 0) is 42.5 Å². The Morgan fingerprint density at radius 1 is 0.923 bits per heavy atom. The maximum atomic E-state index is 12.0. The zero-order valence-electron chi connectivity index (χ0n) is 14.3. The van der Waals surface area contributed by atoms with E-state index in [1.54, 1.807) is 6.07 Å². The number of nitrogens with two attached hydrogens (primary N) is 1. The van der Waals surface area contributed by atoms with E-state index in [2.05, 4.69) is 5.32 Å². The molecule has 0 saturated carbocycles. The summed E-state index contributed by atoms with van der Waals surface area (Å²) in [6.45, 7) is -0.468. The van der Waals surface area contributed by atoms with Gasteiger partial charge in [-0.15, -0.1) is 0 Å². The minimum atomic E-state index is -0.676. The number of hydrogen-bond acceptors (Lipinski definition) is 6. The van der Waals surface area contributed by atoms with Gasteiger partial charge in [-0.2, -0.15) is 0 Å². The van der Waals surface area contributed by atoms with E-state index >= 15 is 0 Å². The number of amides is 2. The minimum absolute atomic E-state index is 0.223. The predicted octanol–water partition coefficient (Wildman–Crippen LogP) is 1.60. The zero-order chi connectivity index (χ0) is 19.1. The molecule has 0 aliphatic rings. The number of rotatable bonds is 7. The van der Waals surface area contributed by atoms with E-state index in [4.69, 9.17) is 19.9 Å². The molecule has 8 nitrogen and oxygen atoms in total. The Balaban J connectivity index is 1.92. The van der Waals surface area contributed by atoms with Crippen molar-refractivity contribution < 1.29 is 28.6 Å². The standard InChI is InChI=1S/C18H18N2O6/c1-24-14-8-5-12(9-15(14)25-2)18(23)26-10-16(21)20-13-6-3-11(4-7-13)17(19)22/h3-9H,10H2,1-2H3,(H2,19,22)(H,20,21). The van der Waals surface area contributed by atoms with Crippen molar-refractivity contribution in [2.45, 2.75) is 0 Å². The molecule has 0 aliphatic carbocycles. The van der Waals surface area contributed by atoms with Gasteiger partial charge in [-0.1, -0.05) is 0 Å². The van der Waals surface area contributed by atoms with Crippen LogP contribution in [0.3, 0.4) is 0 Å². The lowest BCUT2D eigenvalue weighted by Crippen LogP contribution is -2.21. The molecule has 2 aromatic rings. The highest BCUT2D eigenvalue weighted by Crippen LogP contribution is 2.27. The van der Waals surface area contributed by atoms with Crippen LogP contribution in [-0.4, -0.2) is 38.6 Å². The first-order chi connectivity index (χ1) is 12.4. The summed E-state index contributed by atoms with van der Waals surface area (Å²) in [4.78, 5) is 34.9. The first-order valence-electron chi connectivity index (χ1n) is 7.53. The number of benzene rings is 2. The number of hydrogen-bond donors (Lipinski definition) is 2. The topological polar surface area (TPSA) is 117 Å². The molecule has 26 heavy (non-hydrogen) atoms. The Labute approximate surface area is 149 Å². The molecule has 0 spiro atoms. The van der Waals surface area contributed by atoms with Gasteiger partial charge in [0.05, 0.1) is 19.8 Å². The molecule has 0 aromatic heterocycles. The summed E-state index contributed by atoms with van der Waals surface area (Å²) in [5, 5.41) is 2.54. The van der Waals surface area contributed by atoms with Crippen LogP contribution in [0.5, 0.6) is 11.5 Å². The van der Waals surface area contributed by atoms with E-state index in [0.717, 1.165) is 0 Å². The number of primary amides is 1. The van der Waals surface area contributed by atoms with E-state index in [-0.39, 0.29) is 5.56 Å². The van der Waals surface area contributed by atoms with Crippen LogP contribution in [0.15, 0.2) is 42.5 Å². The summed E-state index contributed by atoms with van der Waals surface area (Å²) in [5.41, 5.74) is 6.13. The monoisotopic (exact) mass is 358 g/mol. The van der Waals surface area contributed by atoms with Gasteiger partial charge in [0.25, 0.3) is 5.91 Å². The molecule has 3 N–H and O–H groups in total. The zero-order valence-corrected chi connectivity index (χ0v) is 14.3. The van der Waals surface area contributed by atoms with Gasteiger partial charge < -0.3 is 25.3 Å². The lowest BCUT2D eigenvalue weighted by atomic mass is 10.2. The molecule has 0 atom stereocenters. The lowest BCUT2D eigenvalue weighted by molar-refractivity contribution is -0.119. The Morgan fingerprint density at radius 2 is 1.54 bits per heavy atom. The first-order valence-corrected chi connectivity index (χ1v) is 7.53. The molecule has 2 amide bonds. The number of carbonyl (C=O) groups is 3. The maximum Gasteiger partial charge on any atom is 0.338 e. The van der Waals surface area contributed by atoms with Gasteiger partial charge >= 0.3 is 5.97 Å². The predicted molar refractivity (Wildman–Crippen MR) is 93.4 cm³/mol. The summed E-state index contributed by atoms with van der Waals surface area (Å²) in [6, 6.07) is 10.5. The number of nitrogens with one attached hydrogen (secondary N) is 1. The van der Waals surface area contributed by atoms with Gasteiger partial charge in [-0.3, -0.25) is 9.59 Å². The van der Waals surface area contributed by atoms with Crippen LogP contribution in [0.25, 0.3) is 0 Å². The summed E-state index contributed by atoms with van der Waals surface area (Å²) >= 11 is 0. The van der Waals surface area contributed by atoms with Crippen LogP contribution < -0.4 is 20.5 Å². The number of carbonyl (C=O) groups excluding carboxylic acids is 3. The first kappa shape index (κ1) is 18.8. The molecular weight excluding hydrogens is 340 g/mol. The molecule has 2 aromatic carbocycles. The molecule has 0 heterocycles. The fraction of sp³-hybridized carbons (Fsp3) is 0.167. The van der Waals surface area contributed by atoms with Crippen molar-refractivity contribution in [1.29, 1.82) is 0 Å². The number of ether oxygens (including phenoxy) is 3. The SMILES string of the molecule is COc1ccc(C(=O)OCC(=O)Nc2ccc(C(N)=O)cc2)cc1OC. The number of methoxy groups -OCH3 is 2. The van der Waals surface area contributed by atoms with E-state index in [1.165, 1.54) is 50.6 Å². The molecule has 0 bridgehead atoms. The van der Waals surface area contributed by atoms with Crippen molar-refractivity contribution in [1.82, 2.24) is 0 Å². The second-order valence-electron chi connectivity index (χ2n) is 5.14. The van der Waals surface area contributed by atoms with E-state index < -0.39 is 24.4 Å². The molecular formula is C18H18N2O6. The van der Waals surface area contributed by atoms with Crippen LogP contribution >= 0.6 is 0 Å². The molecule has 136 valence electrons. The van der Waals surface area contributed by atoms with Crippen molar-refractivity contribution in [3.8, 4) is 11.5 Å². The Bertz CT molecular complexity index is 817. The fourth-order valence-electron chi connectivity index (χ4n) is 2.09. The third kappa shape index (κ3) is 4.73. The fourth-order valence-corrected chi connectivity index (χ4v) is 2.09. The summed E-state index contributed by atoms with van der Waals surface area (Å²) < 4.78 is 15.2. The largest absolute Gasteiger partial charge is 0.493 e. The lowest BCUT2D eigenvalue weighted by Gasteiger charge is -2.10. The van der Waals surface area contributed by atoms with Crippen LogP contribution in [0.4, 0.5) is 5.69 Å².